The van der Waals surface area contributed by atoms with E-state index in [1.165, 1.54) is 12.1 Å². The summed E-state index contributed by atoms with van der Waals surface area (Å²) in [6.45, 7) is 4.05. The predicted octanol–water partition coefficient (Wildman–Crippen LogP) is 3.03. The highest BCUT2D eigenvalue weighted by atomic mass is 19.4. The van der Waals surface area contributed by atoms with E-state index in [4.69, 9.17) is 4.74 Å². The van der Waals surface area contributed by atoms with E-state index < -0.39 is 17.8 Å². The molecule has 5 heteroatoms. The summed E-state index contributed by atoms with van der Waals surface area (Å²) < 4.78 is 42.2. The van der Waals surface area contributed by atoms with Gasteiger partial charge in [0.1, 0.15) is 0 Å². The summed E-state index contributed by atoms with van der Waals surface area (Å²) in [6, 6.07) is 4.80. The van der Waals surface area contributed by atoms with E-state index >= 15 is 0 Å². The molecule has 2 unspecified atom stereocenters. The Morgan fingerprint density at radius 2 is 1.78 bits per heavy atom. The van der Waals surface area contributed by atoms with Crippen LogP contribution in [0.15, 0.2) is 24.3 Å². The van der Waals surface area contributed by atoms with Crippen LogP contribution in [0.1, 0.15) is 25.0 Å². The summed E-state index contributed by atoms with van der Waals surface area (Å²) in [4.78, 5) is 0. The minimum Gasteiger partial charge on any atom is -0.390 e. The number of hydrogen-bond donors (Lipinski definition) is 1. The Kier molecular flexibility index (Phi) is 5.16. The van der Waals surface area contributed by atoms with Crippen molar-refractivity contribution in [3.8, 4) is 0 Å². The molecule has 0 saturated carbocycles. The highest BCUT2D eigenvalue weighted by Crippen LogP contribution is 2.29. The minimum absolute atomic E-state index is 0.277. The fourth-order valence-corrected chi connectivity index (χ4v) is 1.61. The van der Waals surface area contributed by atoms with Crippen LogP contribution in [0.4, 0.5) is 13.2 Å². The van der Waals surface area contributed by atoms with Gasteiger partial charge in [-0.15, -0.1) is 0 Å². The third-order valence-electron chi connectivity index (χ3n) is 2.70. The fourth-order valence-electron chi connectivity index (χ4n) is 1.61. The predicted molar refractivity (Wildman–Crippen MR) is 62.2 cm³/mol. The number of benzene rings is 1. The molecule has 0 heterocycles. The molecule has 2 nitrogen and oxygen atoms in total. The van der Waals surface area contributed by atoms with Gasteiger partial charge in [-0.1, -0.05) is 12.1 Å². The molecule has 1 aromatic carbocycles. The lowest BCUT2D eigenvalue weighted by atomic mass is 10.0. The number of rotatable bonds is 5. The molecule has 0 aliphatic heterocycles. The Labute approximate surface area is 104 Å². The first-order valence-electron chi connectivity index (χ1n) is 5.80. The monoisotopic (exact) mass is 262 g/mol. The van der Waals surface area contributed by atoms with Gasteiger partial charge in [-0.05, 0) is 31.5 Å². The van der Waals surface area contributed by atoms with Crippen LogP contribution in [0.5, 0.6) is 0 Å². The van der Waals surface area contributed by atoms with Gasteiger partial charge in [-0.25, -0.2) is 0 Å². The van der Waals surface area contributed by atoms with Crippen LogP contribution in [0.2, 0.25) is 0 Å². The molecule has 0 spiro atoms. The largest absolute Gasteiger partial charge is 0.416 e. The third-order valence-corrected chi connectivity index (χ3v) is 2.70. The topological polar surface area (TPSA) is 29.5 Å². The summed E-state index contributed by atoms with van der Waals surface area (Å²) in [5.74, 6) is 0. The summed E-state index contributed by atoms with van der Waals surface area (Å²) in [6.07, 6.45) is -5.10. The lowest BCUT2D eigenvalue weighted by molar-refractivity contribution is -0.137. The van der Waals surface area contributed by atoms with E-state index in [9.17, 15) is 18.3 Å². The summed E-state index contributed by atoms with van der Waals surface area (Å²) in [7, 11) is 0. The second-order valence-corrected chi connectivity index (χ2v) is 4.13. The van der Waals surface area contributed by atoms with Gasteiger partial charge in [0, 0.05) is 13.0 Å². The fraction of sp³-hybridized carbons (Fsp3) is 0.538. The van der Waals surface area contributed by atoms with Gasteiger partial charge in [-0.3, -0.25) is 0 Å². The van der Waals surface area contributed by atoms with Crippen LogP contribution in [-0.2, 0) is 17.3 Å². The molecule has 0 fully saturated rings. The average Bonchev–Trinajstić information content (AvgIpc) is 2.28. The van der Waals surface area contributed by atoms with E-state index in [2.05, 4.69) is 0 Å². The van der Waals surface area contributed by atoms with E-state index in [1.54, 1.807) is 6.92 Å². The Bertz CT molecular complexity index is 359. The molecule has 1 N–H and O–H groups in total. The number of aliphatic hydroxyl groups is 1. The average molecular weight is 262 g/mol. The van der Waals surface area contributed by atoms with Crippen molar-refractivity contribution >= 4 is 0 Å². The van der Waals surface area contributed by atoms with Crippen molar-refractivity contribution < 1.29 is 23.0 Å². The van der Waals surface area contributed by atoms with Crippen molar-refractivity contribution in [1.29, 1.82) is 0 Å². The Balaban J connectivity index is 2.64. The molecule has 1 aromatic rings. The van der Waals surface area contributed by atoms with Gasteiger partial charge < -0.3 is 9.84 Å². The van der Waals surface area contributed by atoms with Crippen LogP contribution < -0.4 is 0 Å². The zero-order valence-corrected chi connectivity index (χ0v) is 10.4. The van der Waals surface area contributed by atoms with Gasteiger partial charge in [0.15, 0.2) is 0 Å². The van der Waals surface area contributed by atoms with Crippen molar-refractivity contribution in [1.82, 2.24) is 0 Å². The smallest absolute Gasteiger partial charge is 0.390 e. The molecular weight excluding hydrogens is 245 g/mol. The molecule has 0 aromatic heterocycles. The maximum Gasteiger partial charge on any atom is 0.416 e. The molecular formula is C13H17F3O2. The van der Waals surface area contributed by atoms with Crippen molar-refractivity contribution in [2.24, 2.45) is 0 Å². The Hall–Kier alpha value is -1.07. The van der Waals surface area contributed by atoms with Crippen LogP contribution in [0.25, 0.3) is 0 Å². The zero-order valence-electron chi connectivity index (χ0n) is 10.4. The van der Waals surface area contributed by atoms with Gasteiger partial charge in [0.05, 0.1) is 17.8 Å². The second-order valence-electron chi connectivity index (χ2n) is 4.13. The van der Waals surface area contributed by atoms with E-state index in [-0.39, 0.29) is 12.5 Å². The SMILES string of the molecule is CCOC(C)C(O)Cc1ccc(C(F)(F)F)cc1. The van der Waals surface area contributed by atoms with Crippen LogP contribution >= 0.6 is 0 Å². The minimum atomic E-state index is -4.32. The molecule has 18 heavy (non-hydrogen) atoms. The zero-order chi connectivity index (χ0) is 13.8. The summed E-state index contributed by atoms with van der Waals surface area (Å²) in [5, 5.41) is 9.78. The van der Waals surface area contributed by atoms with Gasteiger partial charge in [0.2, 0.25) is 0 Å². The maximum absolute atomic E-state index is 12.3. The summed E-state index contributed by atoms with van der Waals surface area (Å²) in [5.41, 5.74) is -0.0272. The van der Waals surface area contributed by atoms with E-state index in [0.29, 0.717) is 12.2 Å². The summed E-state index contributed by atoms with van der Waals surface area (Å²) >= 11 is 0. The number of aliphatic hydroxyl groups excluding tert-OH is 1. The van der Waals surface area contributed by atoms with Crippen molar-refractivity contribution in [3.05, 3.63) is 35.4 Å². The second kappa shape index (κ2) is 6.20. The number of alkyl halides is 3. The molecule has 0 bridgehead atoms. The molecule has 0 aliphatic rings. The molecule has 2 atom stereocenters. The molecule has 0 amide bonds. The first-order chi connectivity index (χ1) is 8.34. The van der Waals surface area contributed by atoms with E-state index in [0.717, 1.165) is 12.1 Å². The quantitative estimate of drug-likeness (QED) is 0.883. The maximum atomic E-state index is 12.3. The van der Waals surface area contributed by atoms with Crippen molar-refractivity contribution in [2.45, 2.75) is 38.7 Å². The first-order valence-corrected chi connectivity index (χ1v) is 5.80. The number of hydrogen-bond acceptors (Lipinski definition) is 2. The van der Waals surface area contributed by atoms with Crippen LogP contribution in [-0.4, -0.2) is 23.9 Å². The van der Waals surface area contributed by atoms with Crippen molar-refractivity contribution in [3.63, 3.8) is 0 Å². The van der Waals surface area contributed by atoms with Gasteiger partial charge in [0.25, 0.3) is 0 Å². The first kappa shape index (κ1) is 15.0. The molecule has 102 valence electrons. The number of ether oxygens (including phenoxy) is 1. The molecule has 1 rings (SSSR count). The number of halogens is 3. The van der Waals surface area contributed by atoms with Gasteiger partial charge in [-0.2, -0.15) is 13.2 Å². The van der Waals surface area contributed by atoms with E-state index in [1.807, 2.05) is 6.92 Å². The third kappa shape index (κ3) is 4.31. The molecule has 0 saturated heterocycles. The van der Waals surface area contributed by atoms with Crippen molar-refractivity contribution in [2.75, 3.05) is 6.61 Å². The highest BCUT2D eigenvalue weighted by molar-refractivity contribution is 5.25. The molecule has 0 aliphatic carbocycles. The Morgan fingerprint density at radius 3 is 2.22 bits per heavy atom. The highest BCUT2D eigenvalue weighted by Gasteiger charge is 2.30. The lowest BCUT2D eigenvalue weighted by Crippen LogP contribution is -2.28. The Morgan fingerprint density at radius 1 is 1.22 bits per heavy atom. The normalized spacial score (nSPS) is 15.4. The van der Waals surface area contributed by atoms with Gasteiger partial charge >= 0.3 is 6.18 Å². The standard InChI is InChI=1S/C13H17F3O2/c1-3-18-9(2)12(17)8-10-4-6-11(7-5-10)13(14,15)16/h4-7,9,12,17H,3,8H2,1-2H3. The molecule has 0 radical (unpaired) electrons. The van der Waals surface area contributed by atoms with Crippen LogP contribution in [0, 0.1) is 0 Å². The van der Waals surface area contributed by atoms with Crippen LogP contribution in [0.3, 0.4) is 0 Å². The lowest BCUT2D eigenvalue weighted by Gasteiger charge is -2.19.